The summed E-state index contributed by atoms with van der Waals surface area (Å²) in [4.78, 5) is 12.0. The topological polar surface area (TPSA) is 73.9 Å². The van der Waals surface area contributed by atoms with Crippen molar-refractivity contribution in [2.45, 2.75) is 19.0 Å². The number of methoxy groups -OCH3 is 1. The number of ether oxygens (including phenoxy) is 1. The Bertz CT molecular complexity index is 962. The molecule has 0 bridgehead atoms. The Labute approximate surface area is 162 Å². The number of nitrogens with two attached hydrogens (primary N) is 1. The smallest absolute Gasteiger partial charge is 0.451 e. The lowest BCUT2D eigenvalue weighted by atomic mass is 10.2. The van der Waals surface area contributed by atoms with Gasteiger partial charge in [-0.3, -0.25) is 0 Å². The Morgan fingerprint density at radius 1 is 1.19 bits per heavy atom. The molecule has 3 rings (SSSR count). The molecular formula is C17H14ClF3N4OS. The van der Waals surface area contributed by atoms with Gasteiger partial charge in [0, 0.05) is 28.4 Å². The van der Waals surface area contributed by atoms with Crippen molar-refractivity contribution in [1.29, 1.82) is 0 Å². The second-order valence-electron chi connectivity index (χ2n) is 5.59. The van der Waals surface area contributed by atoms with Gasteiger partial charge in [-0.05, 0) is 31.0 Å². The number of alkyl halides is 3. The molecule has 5 nitrogen and oxygen atoms in total. The Morgan fingerprint density at radius 3 is 2.63 bits per heavy atom. The van der Waals surface area contributed by atoms with E-state index in [1.54, 1.807) is 18.3 Å². The van der Waals surface area contributed by atoms with Gasteiger partial charge in [0.05, 0.1) is 12.1 Å². The van der Waals surface area contributed by atoms with Gasteiger partial charge in [-0.25, -0.2) is 15.0 Å². The van der Waals surface area contributed by atoms with E-state index in [1.807, 2.05) is 6.07 Å². The zero-order valence-electron chi connectivity index (χ0n) is 14.0. The highest BCUT2D eigenvalue weighted by Gasteiger charge is 2.35. The van der Waals surface area contributed by atoms with E-state index >= 15 is 0 Å². The highest BCUT2D eigenvalue weighted by atomic mass is 35.5. The largest absolute Gasteiger partial charge is 0.495 e. The summed E-state index contributed by atoms with van der Waals surface area (Å²) in [5.41, 5.74) is 6.53. The third kappa shape index (κ3) is 4.67. The number of hydrogen-bond donors (Lipinski definition) is 1. The lowest BCUT2D eigenvalue weighted by molar-refractivity contribution is -0.145. The van der Waals surface area contributed by atoms with Gasteiger partial charge in [0.2, 0.25) is 5.82 Å². The molecule has 0 saturated carbocycles. The molecular weight excluding hydrogens is 401 g/mol. The Hall–Kier alpha value is -2.39. The molecule has 0 saturated heterocycles. The van der Waals surface area contributed by atoms with Crippen molar-refractivity contribution in [2.24, 2.45) is 0 Å². The number of thiazole rings is 1. The fourth-order valence-electron chi connectivity index (χ4n) is 2.38. The van der Waals surface area contributed by atoms with Gasteiger partial charge < -0.3 is 10.5 Å². The molecule has 0 amide bonds. The van der Waals surface area contributed by atoms with Crippen LogP contribution < -0.4 is 10.5 Å². The molecule has 0 spiro atoms. The highest BCUT2D eigenvalue weighted by molar-refractivity contribution is 7.15. The summed E-state index contributed by atoms with van der Waals surface area (Å²) in [5, 5.41) is 1.23. The van der Waals surface area contributed by atoms with Gasteiger partial charge in [0.1, 0.15) is 16.6 Å². The van der Waals surface area contributed by atoms with E-state index in [2.05, 4.69) is 15.0 Å². The van der Waals surface area contributed by atoms with Gasteiger partial charge in [0.25, 0.3) is 0 Å². The average Bonchev–Trinajstić information content (AvgIpc) is 3.08. The molecule has 2 N–H and O–H groups in total. The first kappa shape index (κ1) is 19.4. The molecule has 3 aromatic rings. The number of rotatable bonds is 5. The lowest BCUT2D eigenvalue weighted by Crippen LogP contribution is -2.14. The first-order valence-corrected chi connectivity index (χ1v) is 8.95. The van der Waals surface area contributed by atoms with Crippen molar-refractivity contribution in [3.05, 3.63) is 51.9 Å². The number of aryl methyl sites for hydroxylation is 2. The molecule has 1 aromatic carbocycles. The minimum absolute atomic E-state index is 0.204. The van der Waals surface area contributed by atoms with Crippen LogP contribution in [0.2, 0.25) is 5.02 Å². The standard InChI is InChI=1S/C17H14ClF3N4OS/c1-26-13-5-2-9(6-12(13)18)15-23-8-11(27-15)4-3-10-7-14(22)25-16(24-10)17(19,20)21/h2,5-8H,3-4H2,1H3,(H2,22,24,25). The van der Waals surface area contributed by atoms with Crippen LogP contribution in [0, 0.1) is 0 Å². The summed E-state index contributed by atoms with van der Waals surface area (Å²) in [6, 6.07) is 6.69. The fourth-order valence-corrected chi connectivity index (χ4v) is 3.55. The van der Waals surface area contributed by atoms with Crippen molar-refractivity contribution >= 4 is 28.8 Å². The average molecular weight is 415 g/mol. The van der Waals surface area contributed by atoms with Crippen LogP contribution in [0.3, 0.4) is 0 Å². The summed E-state index contributed by atoms with van der Waals surface area (Å²) >= 11 is 7.56. The molecule has 142 valence electrons. The molecule has 0 radical (unpaired) electrons. The van der Waals surface area contributed by atoms with E-state index in [9.17, 15) is 13.2 Å². The van der Waals surface area contributed by atoms with Gasteiger partial charge in [-0.1, -0.05) is 11.6 Å². The Morgan fingerprint density at radius 2 is 1.96 bits per heavy atom. The maximum Gasteiger partial charge on any atom is 0.451 e. The van der Waals surface area contributed by atoms with Gasteiger partial charge in [-0.2, -0.15) is 13.2 Å². The highest BCUT2D eigenvalue weighted by Crippen LogP contribution is 2.32. The minimum Gasteiger partial charge on any atom is -0.495 e. The second-order valence-corrected chi connectivity index (χ2v) is 7.11. The van der Waals surface area contributed by atoms with Crippen molar-refractivity contribution in [2.75, 3.05) is 12.8 Å². The van der Waals surface area contributed by atoms with E-state index in [0.717, 1.165) is 15.4 Å². The lowest BCUT2D eigenvalue weighted by Gasteiger charge is -2.07. The molecule has 0 atom stereocenters. The van der Waals surface area contributed by atoms with E-state index in [0.29, 0.717) is 23.6 Å². The van der Waals surface area contributed by atoms with Crippen LogP contribution in [-0.4, -0.2) is 22.1 Å². The van der Waals surface area contributed by atoms with Crippen molar-refractivity contribution in [1.82, 2.24) is 15.0 Å². The van der Waals surface area contributed by atoms with E-state index in [-0.39, 0.29) is 11.5 Å². The fraction of sp³-hybridized carbons (Fsp3) is 0.235. The summed E-state index contributed by atoms with van der Waals surface area (Å²) in [6.07, 6.45) is -2.17. The van der Waals surface area contributed by atoms with Gasteiger partial charge in [-0.15, -0.1) is 11.3 Å². The molecule has 0 unspecified atom stereocenters. The third-order valence-electron chi connectivity index (χ3n) is 3.63. The van der Waals surface area contributed by atoms with Crippen molar-refractivity contribution in [3.63, 3.8) is 0 Å². The van der Waals surface area contributed by atoms with Gasteiger partial charge in [0.15, 0.2) is 0 Å². The number of anilines is 1. The van der Waals surface area contributed by atoms with Crippen LogP contribution in [0.25, 0.3) is 10.6 Å². The zero-order valence-corrected chi connectivity index (χ0v) is 15.6. The van der Waals surface area contributed by atoms with E-state index in [1.165, 1.54) is 24.5 Å². The Balaban J connectivity index is 1.74. The zero-order chi connectivity index (χ0) is 19.6. The van der Waals surface area contributed by atoms with E-state index in [4.69, 9.17) is 22.1 Å². The predicted molar refractivity (Wildman–Crippen MR) is 98.0 cm³/mol. The number of hydrogen-bond acceptors (Lipinski definition) is 6. The van der Waals surface area contributed by atoms with Crippen LogP contribution in [0.1, 0.15) is 16.4 Å². The molecule has 2 aromatic heterocycles. The number of nitrogen functional groups attached to an aromatic ring is 1. The van der Waals surface area contributed by atoms with Gasteiger partial charge >= 0.3 is 6.18 Å². The number of halogens is 4. The second kappa shape index (κ2) is 7.69. The molecule has 27 heavy (non-hydrogen) atoms. The molecule has 10 heteroatoms. The normalized spacial score (nSPS) is 11.6. The molecule has 0 fully saturated rings. The van der Waals surface area contributed by atoms with Crippen LogP contribution in [0.4, 0.5) is 19.0 Å². The summed E-state index contributed by atoms with van der Waals surface area (Å²) < 4.78 is 43.5. The predicted octanol–water partition coefficient (Wildman–Crippen LogP) is 4.65. The summed E-state index contributed by atoms with van der Waals surface area (Å²) in [5.74, 6) is -0.862. The summed E-state index contributed by atoms with van der Waals surface area (Å²) in [7, 11) is 1.53. The minimum atomic E-state index is -4.63. The first-order chi connectivity index (χ1) is 12.8. The van der Waals surface area contributed by atoms with Crippen molar-refractivity contribution in [3.8, 4) is 16.3 Å². The first-order valence-electron chi connectivity index (χ1n) is 7.75. The van der Waals surface area contributed by atoms with Crippen LogP contribution in [0.5, 0.6) is 5.75 Å². The quantitative estimate of drug-likeness (QED) is 0.657. The molecule has 0 aliphatic heterocycles. The number of benzene rings is 1. The maximum absolute atomic E-state index is 12.8. The third-order valence-corrected chi connectivity index (χ3v) is 5.03. The molecule has 2 heterocycles. The SMILES string of the molecule is COc1ccc(-c2ncc(CCc3cc(N)nc(C(F)(F)F)n3)s2)cc1Cl. The van der Waals surface area contributed by atoms with Crippen molar-refractivity contribution < 1.29 is 17.9 Å². The monoisotopic (exact) mass is 414 g/mol. The Kier molecular flexibility index (Phi) is 5.52. The number of aromatic nitrogens is 3. The summed E-state index contributed by atoms with van der Waals surface area (Å²) in [6.45, 7) is 0. The molecule has 0 aliphatic carbocycles. The van der Waals surface area contributed by atoms with E-state index < -0.39 is 12.0 Å². The van der Waals surface area contributed by atoms with Crippen LogP contribution in [0.15, 0.2) is 30.5 Å². The molecule has 0 aliphatic rings. The van der Waals surface area contributed by atoms with Crippen LogP contribution in [-0.2, 0) is 19.0 Å². The van der Waals surface area contributed by atoms with Crippen LogP contribution >= 0.6 is 22.9 Å². The number of nitrogens with zero attached hydrogens (tertiary/aromatic N) is 3. The maximum atomic E-state index is 12.8.